The van der Waals surface area contributed by atoms with Crippen LogP contribution >= 0.6 is 39.7 Å². The van der Waals surface area contributed by atoms with E-state index in [-0.39, 0.29) is 12.4 Å². The van der Waals surface area contributed by atoms with Crippen LogP contribution < -0.4 is 4.86 Å². The monoisotopic (exact) mass is 162 g/mol. The molecule has 6 heteroatoms. The molecule has 2 unspecified atom stereocenters. The minimum absolute atomic E-state index is 0. The molecule has 0 aliphatic rings. The van der Waals surface area contributed by atoms with Gasteiger partial charge in [-0.2, -0.15) is 0 Å². The van der Waals surface area contributed by atoms with E-state index in [2.05, 4.69) is 27.8 Å². The van der Waals surface area contributed by atoms with E-state index in [0.717, 1.165) is 0 Å². The van der Waals surface area contributed by atoms with Gasteiger partial charge in [-0.1, -0.05) is 9.39 Å². The first-order valence-electron chi connectivity index (χ1n) is 0.986. The second-order valence-electron chi connectivity index (χ2n) is 0.368. The molecule has 0 aliphatic heterocycles. The largest absolute Gasteiger partial charge is 0.263 e. The second-order valence-corrected chi connectivity index (χ2v) is 2.64. The predicted molar refractivity (Wildman–Crippen MR) is 39.2 cm³/mol. The molecule has 0 aromatic carbocycles. The van der Waals surface area contributed by atoms with Gasteiger partial charge < -0.3 is 0 Å². The molecular formula is H6ClN2P3. The zero-order valence-corrected chi connectivity index (χ0v) is 6.90. The van der Waals surface area contributed by atoms with E-state index < -0.39 is 0 Å². The normalized spacial score (nSPS) is 8.17. The highest BCUT2D eigenvalue weighted by Crippen LogP contribution is 2.06. The van der Waals surface area contributed by atoms with Gasteiger partial charge in [-0.25, -0.2) is 4.52 Å². The zero-order valence-electron chi connectivity index (χ0n) is 2.93. The Balaban J connectivity index is 0. The summed E-state index contributed by atoms with van der Waals surface area (Å²) in [7, 11) is 5.70. The molecule has 2 nitrogen and oxygen atoms in total. The Labute approximate surface area is 49.7 Å². The second kappa shape index (κ2) is 9.51. The molecular weight excluding hydrogens is 156 g/mol. The Kier molecular flexibility index (Phi) is 16.2. The van der Waals surface area contributed by atoms with Crippen LogP contribution in [0.1, 0.15) is 0 Å². The van der Waals surface area contributed by atoms with Gasteiger partial charge in [-0.3, -0.25) is 4.86 Å². The van der Waals surface area contributed by atoms with Gasteiger partial charge in [-0.05, 0) is 9.03 Å². The summed E-state index contributed by atoms with van der Waals surface area (Å²) < 4.78 is 3.56. The minimum atomic E-state index is 0. The molecule has 0 aliphatic carbocycles. The zero-order chi connectivity index (χ0) is 4.12. The summed E-state index contributed by atoms with van der Waals surface area (Å²) in [5, 5.41) is 0. The average Bonchev–Trinajstić information content (AvgIpc) is 1.41. The molecule has 0 saturated carbocycles. The van der Waals surface area contributed by atoms with Gasteiger partial charge in [0.25, 0.3) is 0 Å². The van der Waals surface area contributed by atoms with Crippen LogP contribution in [-0.2, 0) is 0 Å². The Morgan fingerprint density at radius 3 is 2.33 bits per heavy atom. The summed E-state index contributed by atoms with van der Waals surface area (Å²) in [6, 6.07) is 0. The number of hydrogen-bond donors (Lipinski definition) is 1. The molecule has 1 N–H and O–H groups in total. The maximum atomic E-state index is 3.56. The number of halogens is 1. The van der Waals surface area contributed by atoms with Crippen molar-refractivity contribution >= 4 is 39.7 Å². The highest BCUT2D eigenvalue weighted by molar-refractivity contribution is 7.46. The molecule has 0 heterocycles. The minimum Gasteiger partial charge on any atom is -0.263 e. The third-order valence-electron chi connectivity index (χ3n) is 0.120. The van der Waals surface area contributed by atoms with Gasteiger partial charge in [0.2, 0.25) is 0 Å². The summed E-state index contributed by atoms with van der Waals surface area (Å²) in [4.78, 5) is 2.75. The standard InChI is InChI=1S/ClH.H5N2P3/c;3-1-5-2-4/h1H;1,4-5H,3H2. The van der Waals surface area contributed by atoms with Crippen LogP contribution in [0.4, 0.5) is 0 Å². The fourth-order valence-electron chi connectivity index (χ4n) is 0.0323. The van der Waals surface area contributed by atoms with Crippen molar-refractivity contribution in [2.75, 3.05) is 0 Å². The van der Waals surface area contributed by atoms with Gasteiger partial charge in [0.1, 0.15) is 0 Å². The number of nitrogens with zero attached hydrogens (tertiary/aromatic N) is 1. The molecule has 0 amide bonds. The highest BCUT2D eigenvalue weighted by atomic mass is 35.5. The van der Waals surface area contributed by atoms with Gasteiger partial charge in [0.15, 0.2) is 0 Å². The summed E-state index contributed by atoms with van der Waals surface area (Å²) in [6.45, 7) is 0. The van der Waals surface area contributed by atoms with Crippen LogP contribution in [0.5, 0.6) is 0 Å². The molecule has 6 heavy (non-hydrogen) atoms. The Hall–Kier alpha value is 1.21. The van der Waals surface area contributed by atoms with Crippen LogP contribution in [0, 0.1) is 0 Å². The van der Waals surface area contributed by atoms with Gasteiger partial charge >= 0.3 is 0 Å². The fraction of sp³-hybridized carbons (Fsp3) is 0. The molecule has 0 saturated heterocycles. The summed E-state index contributed by atoms with van der Waals surface area (Å²) in [5.74, 6) is 0. The molecule has 0 radical (unpaired) electrons. The maximum absolute atomic E-state index is 3.56. The Morgan fingerprint density at radius 1 is 1.83 bits per heavy atom. The van der Waals surface area contributed by atoms with E-state index >= 15 is 0 Å². The van der Waals surface area contributed by atoms with E-state index in [1.807, 2.05) is 0 Å². The van der Waals surface area contributed by atoms with Crippen molar-refractivity contribution in [2.24, 2.45) is 4.52 Å². The first-order valence-corrected chi connectivity index (χ1v) is 2.96. The number of hydrogen-bond acceptors (Lipinski definition) is 2. The van der Waals surface area contributed by atoms with Crippen molar-refractivity contribution in [3.63, 3.8) is 0 Å². The lowest BCUT2D eigenvalue weighted by atomic mass is 13.8. The molecule has 0 rings (SSSR count). The lowest BCUT2D eigenvalue weighted by molar-refractivity contribution is 1.71. The van der Waals surface area contributed by atoms with Crippen molar-refractivity contribution < 1.29 is 0 Å². The molecule has 2 atom stereocenters. The van der Waals surface area contributed by atoms with Crippen LogP contribution in [-0.4, -0.2) is 0 Å². The molecule has 0 fully saturated rings. The van der Waals surface area contributed by atoms with Crippen LogP contribution in [0.25, 0.3) is 0 Å². The molecule has 0 aromatic rings. The van der Waals surface area contributed by atoms with E-state index in [9.17, 15) is 0 Å². The van der Waals surface area contributed by atoms with Crippen LogP contribution in [0.15, 0.2) is 4.52 Å². The summed E-state index contributed by atoms with van der Waals surface area (Å²) >= 11 is 0. The van der Waals surface area contributed by atoms with Crippen molar-refractivity contribution in [3.05, 3.63) is 0 Å². The molecule has 0 aromatic heterocycles. The third kappa shape index (κ3) is 8.96. The topological polar surface area (TPSA) is 24.4 Å². The van der Waals surface area contributed by atoms with E-state index in [0.29, 0.717) is 8.88 Å². The van der Waals surface area contributed by atoms with Gasteiger partial charge in [0, 0.05) is 0 Å². The third-order valence-corrected chi connectivity index (χ3v) is 1.08. The molecule has 0 spiro atoms. The van der Waals surface area contributed by atoms with E-state index in [1.54, 1.807) is 0 Å². The van der Waals surface area contributed by atoms with Crippen molar-refractivity contribution in [1.29, 1.82) is 0 Å². The van der Waals surface area contributed by atoms with Crippen molar-refractivity contribution in [1.82, 2.24) is 4.86 Å². The SMILES string of the molecule is Cl.P=NPNP. The lowest BCUT2D eigenvalue weighted by Gasteiger charge is -1.78. The highest BCUT2D eigenvalue weighted by Gasteiger charge is 1.57. The van der Waals surface area contributed by atoms with Crippen molar-refractivity contribution in [3.8, 4) is 0 Å². The molecule has 38 valence electrons. The fourth-order valence-corrected chi connectivity index (χ4v) is 0.871. The Morgan fingerprint density at radius 2 is 2.33 bits per heavy atom. The van der Waals surface area contributed by atoms with E-state index in [4.69, 9.17) is 0 Å². The van der Waals surface area contributed by atoms with Crippen LogP contribution in [0.3, 0.4) is 0 Å². The first kappa shape index (κ1) is 10.2. The van der Waals surface area contributed by atoms with Gasteiger partial charge in [-0.15, -0.1) is 12.4 Å². The molecule has 0 bridgehead atoms. The van der Waals surface area contributed by atoms with E-state index in [1.165, 1.54) is 0 Å². The summed E-state index contributed by atoms with van der Waals surface area (Å²) in [5.41, 5.74) is 0. The van der Waals surface area contributed by atoms with Crippen LogP contribution in [0.2, 0.25) is 0 Å². The predicted octanol–water partition coefficient (Wildman–Crippen LogP) is 1.62. The first-order chi connectivity index (χ1) is 2.41. The summed E-state index contributed by atoms with van der Waals surface area (Å²) in [6.07, 6.45) is 0. The number of nitrogens with one attached hydrogen (secondary N) is 1. The lowest BCUT2D eigenvalue weighted by Crippen LogP contribution is -1.64. The number of rotatable bonds is 2. The average molecular weight is 162 g/mol. The van der Waals surface area contributed by atoms with Gasteiger partial charge in [0.05, 0.1) is 8.88 Å². The Bertz CT molecular complexity index is 30.0. The maximum Gasteiger partial charge on any atom is 0.0795 e. The van der Waals surface area contributed by atoms with Crippen molar-refractivity contribution in [2.45, 2.75) is 0 Å². The smallest absolute Gasteiger partial charge is 0.0795 e. The quantitative estimate of drug-likeness (QED) is 0.613.